The lowest BCUT2D eigenvalue weighted by atomic mass is 9.79. The van der Waals surface area contributed by atoms with Gasteiger partial charge in [0.05, 0.1) is 22.9 Å². The Kier molecular flexibility index (Phi) is 5.15. The lowest BCUT2D eigenvalue weighted by molar-refractivity contribution is -0.147. The number of ether oxygens (including phenoxy) is 1. The van der Waals surface area contributed by atoms with Gasteiger partial charge in [-0.15, -0.1) is 0 Å². The number of rotatable bonds is 5. The van der Waals surface area contributed by atoms with Gasteiger partial charge in [0.2, 0.25) is 5.91 Å². The van der Waals surface area contributed by atoms with Gasteiger partial charge in [-0.25, -0.2) is 4.98 Å². The molecule has 1 aromatic heterocycles. The summed E-state index contributed by atoms with van der Waals surface area (Å²) >= 11 is 0. The molecule has 0 unspecified atom stereocenters. The van der Waals surface area contributed by atoms with Crippen LogP contribution in [0.15, 0.2) is 29.1 Å². The van der Waals surface area contributed by atoms with Crippen molar-refractivity contribution in [2.75, 3.05) is 26.3 Å². The SMILES string of the molecule is CCN(Cc1nc2ccccc2c(=O)[nH]1)C(=O)C1(CN)CCOCC1. The van der Waals surface area contributed by atoms with Crippen LogP contribution in [-0.2, 0) is 16.1 Å². The summed E-state index contributed by atoms with van der Waals surface area (Å²) in [6.45, 7) is 4.10. The largest absolute Gasteiger partial charge is 0.381 e. The van der Waals surface area contributed by atoms with Gasteiger partial charge in [0.25, 0.3) is 5.56 Å². The van der Waals surface area contributed by atoms with Crippen LogP contribution in [0.1, 0.15) is 25.6 Å². The molecule has 0 saturated carbocycles. The van der Waals surface area contributed by atoms with Crippen molar-refractivity contribution in [2.45, 2.75) is 26.3 Å². The molecule has 134 valence electrons. The molecule has 1 fully saturated rings. The monoisotopic (exact) mass is 344 g/mol. The molecule has 1 amide bonds. The predicted molar refractivity (Wildman–Crippen MR) is 95.0 cm³/mol. The van der Waals surface area contributed by atoms with Crippen molar-refractivity contribution in [2.24, 2.45) is 11.1 Å². The number of nitrogens with two attached hydrogens (primary N) is 1. The zero-order chi connectivity index (χ0) is 17.9. The molecule has 2 heterocycles. The van der Waals surface area contributed by atoms with E-state index < -0.39 is 5.41 Å². The highest BCUT2D eigenvalue weighted by Crippen LogP contribution is 2.32. The van der Waals surface area contributed by atoms with E-state index in [4.69, 9.17) is 10.5 Å². The van der Waals surface area contributed by atoms with Crippen molar-refractivity contribution in [1.29, 1.82) is 0 Å². The van der Waals surface area contributed by atoms with Crippen LogP contribution in [0.4, 0.5) is 0 Å². The van der Waals surface area contributed by atoms with Gasteiger partial charge >= 0.3 is 0 Å². The maximum atomic E-state index is 13.1. The normalized spacial score (nSPS) is 16.7. The zero-order valence-electron chi connectivity index (χ0n) is 14.5. The standard InChI is InChI=1S/C18H24N4O3/c1-2-22(17(24)18(12-19)7-9-25-10-8-18)11-15-20-14-6-4-3-5-13(14)16(23)21-15/h3-6H,2,7-12,19H2,1H3,(H,20,21,23). The fourth-order valence-electron chi connectivity index (χ4n) is 3.32. The van der Waals surface area contributed by atoms with E-state index in [9.17, 15) is 9.59 Å². The zero-order valence-corrected chi connectivity index (χ0v) is 14.5. The Balaban J connectivity index is 1.87. The average Bonchev–Trinajstić information content (AvgIpc) is 2.66. The number of nitrogens with zero attached hydrogens (tertiary/aromatic N) is 2. The van der Waals surface area contributed by atoms with Crippen molar-refractivity contribution in [3.05, 3.63) is 40.4 Å². The van der Waals surface area contributed by atoms with Gasteiger partial charge in [-0.05, 0) is 31.9 Å². The highest BCUT2D eigenvalue weighted by Gasteiger charge is 2.41. The summed E-state index contributed by atoms with van der Waals surface area (Å²) in [4.78, 5) is 34.3. The first kappa shape index (κ1) is 17.6. The van der Waals surface area contributed by atoms with Crippen LogP contribution in [0.25, 0.3) is 10.9 Å². The third kappa shape index (κ3) is 3.43. The Morgan fingerprint density at radius 3 is 2.76 bits per heavy atom. The Hall–Kier alpha value is -2.25. The second-order valence-electron chi connectivity index (χ2n) is 6.45. The molecule has 25 heavy (non-hydrogen) atoms. The number of hydrogen-bond donors (Lipinski definition) is 2. The molecule has 1 saturated heterocycles. The van der Waals surface area contributed by atoms with Crippen LogP contribution >= 0.6 is 0 Å². The van der Waals surface area contributed by atoms with Gasteiger partial charge in [-0.1, -0.05) is 12.1 Å². The van der Waals surface area contributed by atoms with E-state index in [0.717, 1.165) is 0 Å². The van der Waals surface area contributed by atoms with E-state index in [0.29, 0.717) is 55.9 Å². The van der Waals surface area contributed by atoms with E-state index >= 15 is 0 Å². The minimum atomic E-state index is -0.578. The van der Waals surface area contributed by atoms with E-state index in [1.807, 2.05) is 13.0 Å². The molecule has 1 aromatic carbocycles. The summed E-state index contributed by atoms with van der Waals surface area (Å²) in [7, 11) is 0. The van der Waals surface area contributed by atoms with Crippen LogP contribution in [0.5, 0.6) is 0 Å². The minimum absolute atomic E-state index is 0.0107. The highest BCUT2D eigenvalue weighted by molar-refractivity contribution is 5.83. The number of fused-ring (bicyclic) bond motifs is 1. The number of para-hydroxylation sites is 1. The average molecular weight is 344 g/mol. The summed E-state index contributed by atoms with van der Waals surface area (Å²) in [6.07, 6.45) is 1.25. The second-order valence-corrected chi connectivity index (χ2v) is 6.45. The van der Waals surface area contributed by atoms with Crippen LogP contribution in [0.2, 0.25) is 0 Å². The number of carbonyl (C=O) groups is 1. The Morgan fingerprint density at radius 1 is 1.36 bits per heavy atom. The summed E-state index contributed by atoms with van der Waals surface area (Å²) < 4.78 is 5.39. The third-order valence-corrected chi connectivity index (χ3v) is 4.97. The molecule has 1 aliphatic rings. The van der Waals surface area contributed by atoms with Gasteiger partial charge in [0, 0.05) is 26.3 Å². The molecule has 3 N–H and O–H groups in total. The number of carbonyl (C=O) groups excluding carboxylic acids is 1. The Labute approximate surface area is 146 Å². The first-order valence-corrected chi connectivity index (χ1v) is 8.65. The van der Waals surface area contributed by atoms with Crippen LogP contribution in [-0.4, -0.2) is 47.1 Å². The molecule has 7 heteroatoms. The van der Waals surface area contributed by atoms with Crippen LogP contribution < -0.4 is 11.3 Å². The maximum absolute atomic E-state index is 13.1. The molecule has 0 bridgehead atoms. The molecule has 7 nitrogen and oxygen atoms in total. The van der Waals surface area contributed by atoms with E-state index in [-0.39, 0.29) is 18.0 Å². The lowest BCUT2D eigenvalue weighted by Crippen LogP contribution is -2.50. The minimum Gasteiger partial charge on any atom is -0.381 e. The number of aromatic amines is 1. The summed E-state index contributed by atoms with van der Waals surface area (Å²) in [5, 5.41) is 0.545. The summed E-state index contributed by atoms with van der Waals surface area (Å²) in [5.41, 5.74) is 5.81. The topological polar surface area (TPSA) is 101 Å². The number of H-pyrrole nitrogens is 1. The lowest BCUT2D eigenvalue weighted by Gasteiger charge is -2.38. The molecule has 0 aliphatic carbocycles. The van der Waals surface area contributed by atoms with Crippen molar-refractivity contribution >= 4 is 16.8 Å². The van der Waals surface area contributed by atoms with Crippen molar-refractivity contribution in [1.82, 2.24) is 14.9 Å². The van der Waals surface area contributed by atoms with Crippen molar-refractivity contribution in [3.8, 4) is 0 Å². The Bertz CT molecular complexity index is 811. The number of nitrogens with one attached hydrogen (secondary N) is 1. The molecule has 0 spiro atoms. The third-order valence-electron chi connectivity index (χ3n) is 4.97. The van der Waals surface area contributed by atoms with E-state index in [1.54, 1.807) is 23.1 Å². The number of hydrogen-bond acceptors (Lipinski definition) is 5. The van der Waals surface area contributed by atoms with E-state index in [2.05, 4.69) is 9.97 Å². The van der Waals surface area contributed by atoms with E-state index in [1.165, 1.54) is 0 Å². The van der Waals surface area contributed by atoms with Crippen molar-refractivity contribution in [3.63, 3.8) is 0 Å². The quantitative estimate of drug-likeness (QED) is 0.843. The smallest absolute Gasteiger partial charge is 0.258 e. The number of amides is 1. The van der Waals surface area contributed by atoms with Gasteiger partial charge in [0.15, 0.2) is 0 Å². The highest BCUT2D eigenvalue weighted by atomic mass is 16.5. The molecule has 1 aliphatic heterocycles. The first-order chi connectivity index (χ1) is 12.1. The maximum Gasteiger partial charge on any atom is 0.258 e. The van der Waals surface area contributed by atoms with Gasteiger partial charge in [-0.3, -0.25) is 9.59 Å². The van der Waals surface area contributed by atoms with Crippen molar-refractivity contribution < 1.29 is 9.53 Å². The number of aromatic nitrogens is 2. The van der Waals surface area contributed by atoms with Gasteiger partial charge in [0.1, 0.15) is 5.82 Å². The fraction of sp³-hybridized carbons (Fsp3) is 0.500. The Morgan fingerprint density at radius 2 is 2.08 bits per heavy atom. The first-order valence-electron chi connectivity index (χ1n) is 8.65. The van der Waals surface area contributed by atoms with Crippen LogP contribution in [0, 0.1) is 5.41 Å². The molecule has 0 atom stereocenters. The molecule has 3 rings (SSSR count). The van der Waals surface area contributed by atoms with Gasteiger partial charge in [-0.2, -0.15) is 0 Å². The molecular formula is C18H24N4O3. The molecule has 0 radical (unpaired) electrons. The molecular weight excluding hydrogens is 320 g/mol. The fourth-order valence-corrected chi connectivity index (χ4v) is 3.32. The summed E-state index contributed by atoms with van der Waals surface area (Å²) in [5.74, 6) is 0.495. The second kappa shape index (κ2) is 7.33. The predicted octanol–water partition coefficient (Wildman–Crippen LogP) is 1.03. The molecule has 2 aromatic rings. The van der Waals surface area contributed by atoms with Crippen LogP contribution in [0.3, 0.4) is 0 Å². The summed E-state index contributed by atoms with van der Waals surface area (Å²) in [6, 6.07) is 7.18. The number of benzene rings is 1. The van der Waals surface area contributed by atoms with Gasteiger partial charge < -0.3 is 20.4 Å².